The van der Waals surface area contributed by atoms with E-state index >= 15 is 0 Å². The van der Waals surface area contributed by atoms with Crippen LogP contribution >= 0.6 is 18.5 Å². The Balaban J connectivity index is 1.81. The number of hydrogen-bond acceptors (Lipinski definition) is 3. The lowest BCUT2D eigenvalue weighted by Crippen LogP contribution is -2.16. The number of benzene rings is 3. The molecule has 0 saturated heterocycles. The maximum Gasteiger partial charge on any atom is 0.283 e. The predicted molar refractivity (Wildman–Crippen MR) is 126 cm³/mol. The summed E-state index contributed by atoms with van der Waals surface area (Å²) in [6.07, 6.45) is 0. The highest BCUT2D eigenvalue weighted by atomic mass is 32.2. The maximum absolute atomic E-state index is 13.5. The van der Waals surface area contributed by atoms with Gasteiger partial charge in [0, 0.05) is 22.5 Å². The molecule has 2 N–H and O–H groups in total. The fourth-order valence-electron chi connectivity index (χ4n) is 2.91. The average molecular weight is 480 g/mol. The van der Waals surface area contributed by atoms with Gasteiger partial charge in [-0.1, -0.05) is 33.5 Å². The van der Waals surface area contributed by atoms with Gasteiger partial charge < -0.3 is 5.32 Å². The Morgan fingerprint density at radius 1 is 0.968 bits per heavy atom. The van der Waals surface area contributed by atoms with Crippen LogP contribution in [0, 0.1) is 6.92 Å². The van der Waals surface area contributed by atoms with Crippen molar-refractivity contribution < 1.29 is 22.0 Å². The molecule has 0 saturated carbocycles. The van der Waals surface area contributed by atoms with E-state index < -0.39 is 15.7 Å². The van der Waals surface area contributed by atoms with Gasteiger partial charge in [-0.15, -0.1) is 9.24 Å². The zero-order chi connectivity index (χ0) is 22.8. The van der Waals surface area contributed by atoms with Crippen molar-refractivity contribution in [1.29, 1.82) is 0 Å². The van der Waals surface area contributed by atoms with E-state index in [0.29, 0.717) is 16.8 Å². The second kappa shape index (κ2) is 8.99. The van der Waals surface area contributed by atoms with E-state index in [1.54, 1.807) is 25.1 Å². The number of anilines is 2. The summed E-state index contributed by atoms with van der Waals surface area (Å²) < 4.78 is 54.9. The first kappa shape index (κ1) is 23.3. The summed E-state index contributed by atoms with van der Waals surface area (Å²) >= 11 is 0. The molecule has 0 bridgehead atoms. The SMILES string of the molecule is Cc1cc(NC(=O)c2cccc(P)c2)ccc1S(=O)(=O)Nc1cccc(C(F)(F)P)c1. The van der Waals surface area contributed by atoms with Crippen LogP contribution in [0.2, 0.25) is 0 Å². The van der Waals surface area contributed by atoms with E-state index in [0.717, 1.165) is 11.4 Å². The maximum atomic E-state index is 13.5. The third-order valence-electron chi connectivity index (χ3n) is 4.37. The number of nitrogens with one attached hydrogen (secondary N) is 2. The molecule has 0 aliphatic carbocycles. The Labute approximate surface area is 184 Å². The Bertz CT molecular complexity index is 1250. The van der Waals surface area contributed by atoms with Crippen LogP contribution in [0.3, 0.4) is 0 Å². The van der Waals surface area contributed by atoms with E-state index in [1.807, 2.05) is 6.07 Å². The molecule has 0 aliphatic heterocycles. The van der Waals surface area contributed by atoms with E-state index in [1.165, 1.54) is 45.6 Å². The van der Waals surface area contributed by atoms with Crippen molar-refractivity contribution in [3.63, 3.8) is 0 Å². The van der Waals surface area contributed by atoms with E-state index in [2.05, 4.69) is 19.3 Å². The summed E-state index contributed by atoms with van der Waals surface area (Å²) in [4.78, 5) is 12.4. The van der Waals surface area contributed by atoms with Crippen molar-refractivity contribution >= 4 is 51.1 Å². The minimum atomic E-state index is -4.03. The molecule has 3 aromatic carbocycles. The van der Waals surface area contributed by atoms with Crippen molar-refractivity contribution in [3.05, 3.63) is 83.4 Å². The monoisotopic (exact) mass is 480 g/mol. The molecule has 5 nitrogen and oxygen atoms in total. The quantitative estimate of drug-likeness (QED) is 0.512. The molecule has 0 spiro atoms. The molecule has 31 heavy (non-hydrogen) atoms. The Morgan fingerprint density at radius 3 is 2.32 bits per heavy atom. The third-order valence-corrected chi connectivity index (χ3v) is 6.60. The highest BCUT2D eigenvalue weighted by Gasteiger charge is 2.25. The number of amides is 1. The summed E-state index contributed by atoms with van der Waals surface area (Å²) in [5, 5.41) is 3.59. The molecule has 0 heterocycles. The summed E-state index contributed by atoms with van der Waals surface area (Å²) in [5.41, 5.74) is -2.20. The summed E-state index contributed by atoms with van der Waals surface area (Å²) in [7, 11) is -0.0969. The van der Waals surface area contributed by atoms with Crippen molar-refractivity contribution in [1.82, 2.24) is 0 Å². The highest BCUT2D eigenvalue weighted by Crippen LogP contribution is 2.36. The van der Waals surface area contributed by atoms with Crippen LogP contribution < -0.4 is 15.3 Å². The van der Waals surface area contributed by atoms with Gasteiger partial charge >= 0.3 is 0 Å². The number of carbonyl (C=O) groups is 1. The number of carbonyl (C=O) groups excluding carboxylic acids is 1. The molecule has 2 atom stereocenters. The molecule has 3 aromatic rings. The number of alkyl halides is 2. The molecule has 0 aliphatic rings. The molecule has 0 fully saturated rings. The second-order valence-corrected chi connectivity index (χ2v) is 9.91. The number of rotatable bonds is 6. The Morgan fingerprint density at radius 2 is 1.68 bits per heavy atom. The predicted octanol–water partition coefficient (Wildman–Crippen LogP) is 4.47. The minimum absolute atomic E-state index is 0.0220. The van der Waals surface area contributed by atoms with Gasteiger partial charge in [0.1, 0.15) is 0 Å². The van der Waals surface area contributed by atoms with E-state index in [-0.39, 0.29) is 22.1 Å². The smallest absolute Gasteiger partial charge is 0.283 e. The van der Waals surface area contributed by atoms with Gasteiger partial charge in [0.25, 0.3) is 21.6 Å². The number of hydrogen-bond donors (Lipinski definition) is 2. The van der Waals surface area contributed by atoms with Gasteiger partial charge in [-0.25, -0.2) is 8.42 Å². The molecule has 1 amide bonds. The van der Waals surface area contributed by atoms with Gasteiger partial charge in [0.05, 0.1) is 4.90 Å². The van der Waals surface area contributed by atoms with Gasteiger partial charge in [0.2, 0.25) is 0 Å². The molecular formula is C21H20F2N2O3P2S. The first-order valence-electron chi connectivity index (χ1n) is 9.03. The van der Waals surface area contributed by atoms with Crippen molar-refractivity contribution in [2.24, 2.45) is 0 Å². The third kappa shape index (κ3) is 5.85. The second-order valence-electron chi connectivity index (χ2n) is 6.87. The Kier molecular flexibility index (Phi) is 6.75. The topological polar surface area (TPSA) is 75.3 Å². The summed E-state index contributed by atoms with van der Waals surface area (Å²) in [5.74, 6) is -0.326. The van der Waals surface area contributed by atoms with Crippen LogP contribution in [0.4, 0.5) is 20.2 Å². The largest absolute Gasteiger partial charge is 0.322 e. The average Bonchev–Trinajstić information content (AvgIpc) is 2.67. The van der Waals surface area contributed by atoms with Crippen LogP contribution in [-0.2, 0) is 15.7 Å². The lowest BCUT2D eigenvalue weighted by atomic mass is 10.2. The molecule has 0 radical (unpaired) electrons. The van der Waals surface area contributed by atoms with E-state index in [4.69, 9.17) is 0 Å². The minimum Gasteiger partial charge on any atom is -0.322 e. The Hall–Kier alpha value is -2.40. The fourth-order valence-corrected chi connectivity index (χ4v) is 4.66. The van der Waals surface area contributed by atoms with Crippen LogP contribution in [-0.4, -0.2) is 14.3 Å². The molecule has 10 heteroatoms. The van der Waals surface area contributed by atoms with Crippen LogP contribution in [0.25, 0.3) is 0 Å². The van der Waals surface area contributed by atoms with Gasteiger partial charge in [-0.2, -0.15) is 8.78 Å². The normalized spacial score (nSPS) is 11.8. The highest BCUT2D eigenvalue weighted by molar-refractivity contribution is 7.92. The lowest BCUT2D eigenvalue weighted by Gasteiger charge is -2.15. The van der Waals surface area contributed by atoms with Crippen LogP contribution in [0.15, 0.2) is 71.6 Å². The molecule has 3 rings (SSSR count). The summed E-state index contributed by atoms with van der Waals surface area (Å²) in [6, 6.07) is 16.4. The van der Waals surface area contributed by atoms with Crippen molar-refractivity contribution in [2.45, 2.75) is 17.5 Å². The molecule has 2 unspecified atom stereocenters. The molecule has 0 aromatic heterocycles. The first-order valence-corrected chi connectivity index (χ1v) is 11.7. The zero-order valence-electron chi connectivity index (χ0n) is 16.4. The number of aryl methyl sites for hydroxylation is 1. The van der Waals surface area contributed by atoms with Crippen LogP contribution in [0.5, 0.6) is 0 Å². The fraction of sp³-hybridized carbons (Fsp3) is 0.0952. The van der Waals surface area contributed by atoms with E-state index in [9.17, 15) is 22.0 Å². The van der Waals surface area contributed by atoms with Gasteiger partial charge in [-0.3, -0.25) is 9.52 Å². The first-order chi connectivity index (χ1) is 14.5. The van der Waals surface area contributed by atoms with Crippen LogP contribution in [0.1, 0.15) is 21.5 Å². The standard InChI is InChI=1S/C21H20F2N2O3P2S/c1-13-10-16(24-20(26)14-4-2-7-18(29)11-14)8-9-19(13)31(27,28)25-17-6-3-5-15(12-17)21(22,23)30/h2-12,25H,29-30H2,1H3,(H,24,26). The van der Waals surface area contributed by atoms with Crippen molar-refractivity contribution in [3.8, 4) is 0 Å². The lowest BCUT2D eigenvalue weighted by molar-refractivity contribution is 0.102. The van der Waals surface area contributed by atoms with Gasteiger partial charge in [0.15, 0.2) is 0 Å². The van der Waals surface area contributed by atoms with Crippen molar-refractivity contribution in [2.75, 3.05) is 10.0 Å². The zero-order valence-corrected chi connectivity index (χ0v) is 19.5. The summed E-state index contributed by atoms with van der Waals surface area (Å²) in [6.45, 7) is 1.58. The van der Waals surface area contributed by atoms with Gasteiger partial charge in [-0.05, 0) is 60.3 Å². The molecule has 162 valence electrons. The molecular weight excluding hydrogens is 460 g/mol. The number of sulfonamides is 1. The number of halogens is 2.